The van der Waals surface area contributed by atoms with Gasteiger partial charge in [-0.05, 0) is 41.8 Å². The van der Waals surface area contributed by atoms with Crippen LogP contribution in [0.4, 0.5) is 0 Å². The third-order valence-corrected chi connectivity index (χ3v) is 4.96. The van der Waals surface area contributed by atoms with Gasteiger partial charge in [0.15, 0.2) is 0 Å². The fraction of sp³-hybridized carbons (Fsp3) is 0.111. The zero-order valence-electron chi connectivity index (χ0n) is 13.0. The van der Waals surface area contributed by atoms with E-state index in [1.807, 2.05) is 47.2 Å². The van der Waals surface area contributed by atoms with Crippen molar-refractivity contribution in [3.05, 3.63) is 63.8 Å². The number of rotatable bonds is 6. The molecule has 4 nitrogen and oxygen atoms in total. The third kappa shape index (κ3) is 4.31. The van der Waals surface area contributed by atoms with Gasteiger partial charge >= 0.3 is 5.97 Å². The van der Waals surface area contributed by atoms with Gasteiger partial charge in [0, 0.05) is 21.9 Å². The highest BCUT2D eigenvalue weighted by Gasteiger charge is 2.07. The summed E-state index contributed by atoms with van der Waals surface area (Å²) in [6.45, 7) is 0.167. The Kier molecular flexibility index (Phi) is 5.40. The highest BCUT2D eigenvalue weighted by atomic mass is 32.1. The minimum atomic E-state index is -0.373. The molecule has 0 amide bonds. The topological polar surface area (TPSA) is 48.4 Å². The van der Waals surface area contributed by atoms with Crippen LogP contribution in [0.2, 0.25) is 0 Å². The van der Waals surface area contributed by atoms with Gasteiger partial charge in [-0.2, -0.15) is 0 Å². The molecule has 1 aromatic carbocycles. The molecule has 0 fully saturated rings. The zero-order valence-corrected chi connectivity index (χ0v) is 14.6. The average Bonchev–Trinajstić information content (AvgIpc) is 3.30. The lowest BCUT2D eigenvalue weighted by Crippen LogP contribution is -2.00. The number of methoxy groups -OCH3 is 1. The van der Waals surface area contributed by atoms with Crippen LogP contribution in [0.3, 0.4) is 0 Å². The normalized spacial score (nSPS) is 10.9. The van der Waals surface area contributed by atoms with E-state index < -0.39 is 0 Å². The number of carbonyl (C=O) groups is 1. The second kappa shape index (κ2) is 7.90. The first kappa shape index (κ1) is 16.4. The molecule has 3 rings (SSSR count). The number of nitrogens with zero attached hydrogens (tertiary/aromatic N) is 1. The number of thiophene rings is 1. The van der Waals surface area contributed by atoms with Crippen LogP contribution in [-0.4, -0.2) is 18.1 Å². The van der Waals surface area contributed by atoms with Crippen LogP contribution >= 0.6 is 22.7 Å². The second-order valence-electron chi connectivity index (χ2n) is 4.83. The molecule has 0 saturated carbocycles. The Hall–Kier alpha value is -2.44. The predicted octanol–water partition coefficient (Wildman–Crippen LogP) is 4.64. The fourth-order valence-corrected chi connectivity index (χ4v) is 3.40. The molecule has 0 bridgehead atoms. The van der Waals surface area contributed by atoms with Crippen LogP contribution in [-0.2, 0) is 16.1 Å². The van der Waals surface area contributed by atoms with E-state index in [1.54, 1.807) is 24.5 Å². The van der Waals surface area contributed by atoms with Gasteiger partial charge in [0.2, 0.25) is 0 Å². The van der Waals surface area contributed by atoms with Gasteiger partial charge in [-0.15, -0.1) is 22.7 Å². The third-order valence-electron chi connectivity index (χ3n) is 3.18. The van der Waals surface area contributed by atoms with Gasteiger partial charge in [-0.25, -0.2) is 9.78 Å². The van der Waals surface area contributed by atoms with Crippen molar-refractivity contribution in [3.63, 3.8) is 0 Å². The van der Waals surface area contributed by atoms with Crippen molar-refractivity contribution in [2.24, 2.45) is 0 Å². The monoisotopic (exact) mass is 357 g/mol. The van der Waals surface area contributed by atoms with Crippen LogP contribution in [0, 0.1) is 0 Å². The summed E-state index contributed by atoms with van der Waals surface area (Å²) in [6, 6.07) is 11.6. The lowest BCUT2D eigenvalue weighted by molar-refractivity contribution is -0.139. The number of hydrogen-bond acceptors (Lipinski definition) is 6. The highest BCUT2D eigenvalue weighted by molar-refractivity contribution is 7.13. The Morgan fingerprint density at radius 3 is 2.75 bits per heavy atom. The molecule has 0 N–H and O–H groups in total. The van der Waals surface area contributed by atoms with E-state index in [4.69, 9.17) is 9.47 Å². The van der Waals surface area contributed by atoms with Crippen LogP contribution in [0.25, 0.3) is 16.6 Å². The van der Waals surface area contributed by atoms with Crippen molar-refractivity contribution in [1.29, 1.82) is 0 Å². The quantitative estimate of drug-likeness (QED) is 0.476. The average molecular weight is 357 g/mol. The van der Waals surface area contributed by atoms with Crippen LogP contribution in [0.5, 0.6) is 5.75 Å². The SMILES string of the molecule is COc1ccc(-c2nc(COC(=O)/C=C/c3cccs3)cs2)cc1. The maximum absolute atomic E-state index is 11.7. The van der Waals surface area contributed by atoms with Crippen LogP contribution in [0.15, 0.2) is 53.2 Å². The number of esters is 1. The van der Waals surface area contributed by atoms with Gasteiger partial charge in [-0.3, -0.25) is 0 Å². The number of aromatic nitrogens is 1. The Labute approximate surface area is 148 Å². The molecule has 6 heteroatoms. The van der Waals surface area contributed by atoms with E-state index in [-0.39, 0.29) is 12.6 Å². The molecule has 0 spiro atoms. The largest absolute Gasteiger partial charge is 0.497 e. The Bertz CT molecular complexity index is 820. The molecule has 0 atom stereocenters. The lowest BCUT2D eigenvalue weighted by atomic mass is 10.2. The fourth-order valence-electron chi connectivity index (χ4n) is 1.97. The van der Waals surface area contributed by atoms with Gasteiger partial charge in [-0.1, -0.05) is 6.07 Å². The van der Waals surface area contributed by atoms with Gasteiger partial charge < -0.3 is 9.47 Å². The maximum atomic E-state index is 11.7. The standard InChI is InChI=1S/C18H15NO3S2/c1-21-15-6-4-13(5-7-15)18-19-14(12-24-18)11-22-17(20)9-8-16-3-2-10-23-16/h2-10,12H,11H2,1H3/b9-8+. The first-order valence-corrected chi connectivity index (χ1v) is 8.98. The van der Waals surface area contributed by atoms with Crippen molar-refractivity contribution in [3.8, 4) is 16.3 Å². The molecule has 2 heterocycles. The summed E-state index contributed by atoms with van der Waals surface area (Å²) in [5.41, 5.74) is 1.75. The molecule has 0 aliphatic carbocycles. The van der Waals surface area contributed by atoms with Crippen LogP contribution < -0.4 is 4.74 Å². The van der Waals surface area contributed by atoms with E-state index in [1.165, 1.54) is 17.4 Å². The van der Waals surface area contributed by atoms with E-state index >= 15 is 0 Å². The first-order valence-electron chi connectivity index (χ1n) is 7.22. The lowest BCUT2D eigenvalue weighted by Gasteiger charge is -2.00. The molecule has 0 radical (unpaired) electrons. The van der Waals surface area contributed by atoms with Crippen molar-refractivity contribution in [1.82, 2.24) is 4.98 Å². The number of ether oxygens (including phenoxy) is 2. The second-order valence-corrected chi connectivity index (χ2v) is 6.67. The smallest absolute Gasteiger partial charge is 0.331 e. The van der Waals surface area contributed by atoms with E-state index in [9.17, 15) is 4.79 Å². The maximum Gasteiger partial charge on any atom is 0.331 e. The summed E-state index contributed by atoms with van der Waals surface area (Å²) in [6.07, 6.45) is 3.18. The molecular formula is C18H15NO3S2. The van der Waals surface area contributed by atoms with Crippen molar-refractivity contribution in [2.75, 3.05) is 7.11 Å². The highest BCUT2D eigenvalue weighted by Crippen LogP contribution is 2.25. The molecule has 2 aromatic heterocycles. The minimum Gasteiger partial charge on any atom is -0.497 e. The Balaban J connectivity index is 1.56. The summed E-state index contributed by atoms with van der Waals surface area (Å²) < 4.78 is 10.4. The molecule has 0 aliphatic rings. The first-order chi connectivity index (χ1) is 11.7. The van der Waals surface area contributed by atoms with Crippen molar-refractivity contribution >= 4 is 34.7 Å². The van der Waals surface area contributed by atoms with Crippen molar-refractivity contribution in [2.45, 2.75) is 6.61 Å². The van der Waals surface area contributed by atoms with Gasteiger partial charge in [0.1, 0.15) is 17.4 Å². The summed E-state index contributed by atoms with van der Waals surface area (Å²) in [4.78, 5) is 17.2. The molecule has 3 aromatic rings. The number of thiazole rings is 1. The molecule has 0 aliphatic heterocycles. The number of hydrogen-bond donors (Lipinski definition) is 0. The minimum absolute atomic E-state index is 0.167. The zero-order chi connectivity index (χ0) is 16.8. The molecular weight excluding hydrogens is 342 g/mol. The van der Waals surface area contributed by atoms with E-state index in [0.717, 1.165) is 26.9 Å². The molecule has 0 saturated heterocycles. The van der Waals surface area contributed by atoms with Gasteiger partial charge in [0.25, 0.3) is 0 Å². The molecule has 122 valence electrons. The summed E-state index contributed by atoms with van der Waals surface area (Å²) in [5.74, 6) is 0.435. The van der Waals surface area contributed by atoms with Crippen molar-refractivity contribution < 1.29 is 14.3 Å². The van der Waals surface area contributed by atoms with E-state index in [2.05, 4.69) is 4.98 Å². The Morgan fingerprint density at radius 2 is 2.04 bits per heavy atom. The van der Waals surface area contributed by atoms with Gasteiger partial charge in [0.05, 0.1) is 12.8 Å². The number of benzene rings is 1. The predicted molar refractivity (Wildman–Crippen MR) is 97.3 cm³/mol. The summed E-state index contributed by atoms with van der Waals surface area (Å²) in [5, 5.41) is 4.74. The van der Waals surface area contributed by atoms with Crippen LogP contribution in [0.1, 0.15) is 10.6 Å². The molecule has 0 unspecified atom stereocenters. The Morgan fingerprint density at radius 1 is 1.21 bits per heavy atom. The number of carbonyl (C=O) groups excluding carboxylic acids is 1. The summed E-state index contributed by atoms with van der Waals surface area (Å²) in [7, 11) is 1.64. The summed E-state index contributed by atoms with van der Waals surface area (Å²) >= 11 is 3.09. The molecule has 24 heavy (non-hydrogen) atoms. The van der Waals surface area contributed by atoms with E-state index in [0.29, 0.717) is 0 Å².